The first-order valence-electron chi connectivity index (χ1n) is 11.3. The summed E-state index contributed by atoms with van der Waals surface area (Å²) in [6, 6.07) is 19.2. The second kappa shape index (κ2) is 12.1. The predicted molar refractivity (Wildman–Crippen MR) is 130 cm³/mol. The molecule has 0 radical (unpaired) electrons. The SMILES string of the molecule is CCNC(=NCc1ccc(NC(=O)OC)cc1)NC1CCN(Cc2ccccc2)C(C)C1. The highest BCUT2D eigenvalue weighted by Gasteiger charge is 2.25. The molecule has 7 heteroatoms. The minimum atomic E-state index is -0.474. The Morgan fingerprint density at radius 1 is 1.12 bits per heavy atom. The van der Waals surface area contributed by atoms with E-state index in [1.165, 1.54) is 12.7 Å². The number of piperidine rings is 1. The number of nitrogens with zero attached hydrogens (tertiary/aromatic N) is 2. The van der Waals surface area contributed by atoms with E-state index < -0.39 is 6.09 Å². The van der Waals surface area contributed by atoms with Crippen molar-refractivity contribution in [2.24, 2.45) is 4.99 Å². The molecule has 0 saturated carbocycles. The lowest BCUT2D eigenvalue weighted by Crippen LogP contribution is -2.51. The van der Waals surface area contributed by atoms with Crippen LogP contribution in [0.1, 0.15) is 37.8 Å². The number of rotatable bonds is 7. The number of carbonyl (C=O) groups is 1. The number of nitrogens with one attached hydrogen (secondary N) is 3. The van der Waals surface area contributed by atoms with Gasteiger partial charge in [-0.25, -0.2) is 9.79 Å². The number of anilines is 1. The molecule has 0 aromatic heterocycles. The maximum atomic E-state index is 11.3. The highest BCUT2D eigenvalue weighted by atomic mass is 16.5. The zero-order chi connectivity index (χ0) is 22.8. The Labute approximate surface area is 191 Å². The van der Waals surface area contributed by atoms with Crippen molar-refractivity contribution in [3.63, 3.8) is 0 Å². The monoisotopic (exact) mass is 437 g/mol. The van der Waals surface area contributed by atoms with Crippen molar-refractivity contribution >= 4 is 17.7 Å². The molecule has 1 fully saturated rings. The second-order valence-corrected chi connectivity index (χ2v) is 8.18. The first kappa shape index (κ1) is 23.6. The molecule has 1 aliphatic rings. The molecule has 2 aromatic rings. The van der Waals surface area contributed by atoms with Crippen molar-refractivity contribution < 1.29 is 9.53 Å². The Balaban J connectivity index is 1.52. The summed E-state index contributed by atoms with van der Waals surface area (Å²) in [5, 5.41) is 9.64. The van der Waals surface area contributed by atoms with Crippen LogP contribution in [0.25, 0.3) is 0 Å². The van der Waals surface area contributed by atoms with Crippen LogP contribution in [-0.4, -0.2) is 49.2 Å². The summed E-state index contributed by atoms with van der Waals surface area (Å²) in [7, 11) is 1.35. The number of hydrogen-bond donors (Lipinski definition) is 3. The maximum Gasteiger partial charge on any atom is 0.411 e. The van der Waals surface area contributed by atoms with Crippen LogP contribution in [0, 0.1) is 0 Å². The molecule has 3 N–H and O–H groups in total. The number of benzene rings is 2. The van der Waals surface area contributed by atoms with Crippen LogP contribution in [0.4, 0.5) is 10.5 Å². The molecule has 2 aromatic carbocycles. The van der Waals surface area contributed by atoms with Gasteiger partial charge in [0, 0.05) is 37.4 Å². The lowest BCUT2D eigenvalue weighted by molar-refractivity contribution is 0.134. The predicted octanol–water partition coefficient (Wildman–Crippen LogP) is 3.97. The van der Waals surface area contributed by atoms with Crippen molar-refractivity contribution in [2.45, 2.75) is 51.9 Å². The summed E-state index contributed by atoms with van der Waals surface area (Å²) in [5.74, 6) is 0.845. The van der Waals surface area contributed by atoms with Crippen LogP contribution in [-0.2, 0) is 17.8 Å². The van der Waals surface area contributed by atoms with Crippen LogP contribution < -0.4 is 16.0 Å². The Bertz CT molecular complexity index is 870. The number of hydrogen-bond acceptors (Lipinski definition) is 4. The zero-order valence-corrected chi connectivity index (χ0v) is 19.3. The van der Waals surface area contributed by atoms with Gasteiger partial charge in [-0.05, 0) is 49.9 Å². The number of likely N-dealkylation sites (tertiary alicyclic amines) is 1. The van der Waals surface area contributed by atoms with Gasteiger partial charge >= 0.3 is 6.09 Å². The molecule has 1 heterocycles. The normalized spacial score (nSPS) is 19.3. The summed E-state index contributed by atoms with van der Waals surface area (Å²) in [6.45, 7) is 7.85. The molecule has 172 valence electrons. The van der Waals surface area contributed by atoms with Gasteiger partial charge in [-0.1, -0.05) is 42.5 Å². The van der Waals surface area contributed by atoms with Gasteiger partial charge in [-0.3, -0.25) is 10.2 Å². The van der Waals surface area contributed by atoms with Gasteiger partial charge in [-0.2, -0.15) is 0 Å². The van der Waals surface area contributed by atoms with Gasteiger partial charge in [0.05, 0.1) is 13.7 Å². The highest BCUT2D eigenvalue weighted by molar-refractivity contribution is 5.84. The summed E-state index contributed by atoms with van der Waals surface area (Å²) in [4.78, 5) is 18.6. The molecule has 1 amide bonds. The lowest BCUT2D eigenvalue weighted by Gasteiger charge is -2.38. The van der Waals surface area contributed by atoms with E-state index in [0.29, 0.717) is 24.3 Å². The van der Waals surface area contributed by atoms with Crippen molar-refractivity contribution in [3.8, 4) is 0 Å². The average Bonchev–Trinajstić information content (AvgIpc) is 2.81. The van der Waals surface area contributed by atoms with E-state index >= 15 is 0 Å². The maximum absolute atomic E-state index is 11.3. The van der Waals surface area contributed by atoms with Crippen LogP contribution >= 0.6 is 0 Å². The van der Waals surface area contributed by atoms with Crippen molar-refractivity contribution in [1.29, 1.82) is 0 Å². The Morgan fingerprint density at radius 3 is 2.53 bits per heavy atom. The molecule has 0 spiro atoms. The fraction of sp³-hybridized carbons (Fsp3) is 0.440. The summed E-state index contributed by atoms with van der Waals surface area (Å²) in [5.41, 5.74) is 3.14. The van der Waals surface area contributed by atoms with E-state index in [4.69, 9.17) is 4.99 Å². The van der Waals surface area contributed by atoms with Gasteiger partial charge in [0.2, 0.25) is 0 Å². The van der Waals surface area contributed by atoms with Crippen molar-refractivity contribution in [3.05, 3.63) is 65.7 Å². The molecule has 7 nitrogen and oxygen atoms in total. The minimum absolute atomic E-state index is 0.404. The molecular weight excluding hydrogens is 402 g/mol. The van der Waals surface area contributed by atoms with Crippen molar-refractivity contribution in [2.75, 3.05) is 25.5 Å². The van der Waals surface area contributed by atoms with Crippen molar-refractivity contribution in [1.82, 2.24) is 15.5 Å². The quantitative estimate of drug-likeness (QED) is 0.451. The summed E-state index contributed by atoms with van der Waals surface area (Å²) >= 11 is 0. The van der Waals surface area contributed by atoms with E-state index in [1.807, 2.05) is 24.3 Å². The molecule has 0 aliphatic carbocycles. The molecule has 3 rings (SSSR count). The number of guanidine groups is 1. The molecule has 32 heavy (non-hydrogen) atoms. The van der Waals surface area contributed by atoms with Gasteiger partial charge in [0.15, 0.2) is 5.96 Å². The third kappa shape index (κ3) is 7.27. The molecule has 2 atom stereocenters. The van der Waals surface area contributed by atoms with Gasteiger partial charge < -0.3 is 15.4 Å². The van der Waals surface area contributed by atoms with Gasteiger partial charge in [0.25, 0.3) is 0 Å². The van der Waals surface area contributed by atoms with Gasteiger partial charge in [0.1, 0.15) is 0 Å². The number of aliphatic imine (C=N–C) groups is 1. The second-order valence-electron chi connectivity index (χ2n) is 8.18. The Morgan fingerprint density at radius 2 is 1.88 bits per heavy atom. The molecular formula is C25H35N5O2. The van der Waals surface area contributed by atoms with E-state index in [-0.39, 0.29) is 0 Å². The van der Waals surface area contributed by atoms with E-state index in [1.54, 1.807) is 0 Å². The van der Waals surface area contributed by atoms with Crippen LogP contribution in [0.2, 0.25) is 0 Å². The molecule has 1 saturated heterocycles. The topological polar surface area (TPSA) is 78.0 Å². The number of methoxy groups -OCH3 is 1. The van der Waals surface area contributed by atoms with Crippen LogP contribution in [0.5, 0.6) is 0 Å². The summed E-state index contributed by atoms with van der Waals surface area (Å²) in [6.07, 6.45) is 1.71. The van der Waals surface area contributed by atoms with E-state index in [9.17, 15) is 4.79 Å². The molecule has 0 bridgehead atoms. The van der Waals surface area contributed by atoms with E-state index in [0.717, 1.165) is 44.0 Å². The smallest absolute Gasteiger partial charge is 0.411 e. The van der Waals surface area contributed by atoms with Crippen LogP contribution in [0.15, 0.2) is 59.6 Å². The molecule has 1 aliphatic heterocycles. The highest BCUT2D eigenvalue weighted by Crippen LogP contribution is 2.20. The number of ether oxygens (including phenoxy) is 1. The third-order valence-corrected chi connectivity index (χ3v) is 5.73. The first-order valence-corrected chi connectivity index (χ1v) is 11.3. The number of amides is 1. The summed E-state index contributed by atoms with van der Waals surface area (Å²) < 4.78 is 4.61. The third-order valence-electron chi connectivity index (χ3n) is 5.73. The van der Waals surface area contributed by atoms with E-state index in [2.05, 4.69) is 69.8 Å². The number of carbonyl (C=O) groups excluding carboxylic acids is 1. The standard InChI is InChI=1S/C25H35N5O2/c1-4-26-24(27-17-20-10-12-22(13-11-20)29-25(31)32-3)28-23-14-15-30(19(2)16-23)18-21-8-6-5-7-9-21/h5-13,19,23H,4,14-18H2,1-3H3,(H,29,31)(H2,26,27,28). The lowest BCUT2D eigenvalue weighted by atomic mass is 9.97. The first-order chi connectivity index (χ1) is 15.6. The van der Waals surface area contributed by atoms with Crippen LogP contribution in [0.3, 0.4) is 0 Å². The largest absolute Gasteiger partial charge is 0.453 e. The Kier molecular flexibility index (Phi) is 8.92. The molecule has 2 unspecified atom stereocenters. The Hall–Kier alpha value is -3.06. The fourth-order valence-corrected chi connectivity index (χ4v) is 3.95. The average molecular weight is 438 g/mol. The zero-order valence-electron chi connectivity index (χ0n) is 19.3. The fourth-order valence-electron chi connectivity index (χ4n) is 3.95. The van der Waals surface area contributed by atoms with Gasteiger partial charge in [-0.15, -0.1) is 0 Å². The minimum Gasteiger partial charge on any atom is -0.453 e.